The molecule has 2 fully saturated rings. The first-order chi connectivity index (χ1) is 14.3. The maximum atomic E-state index is 14.1. The standard InChI is InChI=1S/C20H31N2O6PS/c1-30(25,26)22-20(23)21-18-14-8-9-15-19(18)29(24,27-16-10-4-2-5-11-16)28-17-12-6-3-7-13-17/h8-9,14-17H,2-7,10-13H2,1H3,(H2,21,22,23). The van der Waals surface area contributed by atoms with Gasteiger partial charge in [-0.15, -0.1) is 0 Å². The van der Waals surface area contributed by atoms with E-state index in [1.165, 1.54) is 0 Å². The molecule has 1 aromatic rings. The van der Waals surface area contributed by atoms with Gasteiger partial charge in [0.1, 0.15) is 0 Å². The van der Waals surface area contributed by atoms with Gasteiger partial charge in [0.15, 0.2) is 0 Å². The second-order valence-electron chi connectivity index (χ2n) is 8.07. The second kappa shape index (κ2) is 10.3. The molecule has 8 nitrogen and oxygen atoms in total. The van der Waals surface area contributed by atoms with Gasteiger partial charge in [-0.25, -0.2) is 17.9 Å². The third-order valence-corrected chi connectivity index (χ3v) is 8.09. The molecule has 0 radical (unpaired) electrons. The van der Waals surface area contributed by atoms with Crippen molar-refractivity contribution in [2.75, 3.05) is 11.6 Å². The fraction of sp³-hybridized carbons (Fsp3) is 0.650. The summed E-state index contributed by atoms with van der Waals surface area (Å²) in [6, 6.07) is 5.63. The fourth-order valence-electron chi connectivity index (χ4n) is 4.01. The largest absolute Gasteiger partial charge is 0.363 e. The van der Waals surface area contributed by atoms with E-state index < -0.39 is 23.7 Å². The first-order valence-electron chi connectivity index (χ1n) is 10.6. The highest BCUT2D eigenvalue weighted by Crippen LogP contribution is 2.53. The van der Waals surface area contributed by atoms with Crippen molar-refractivity contribution in [2.45, 2.75) is 76.4 Å². The summed E-state index contributed by atoms with van der Waals surface area (Å²) in [5, 5.41) is 2.74. The van der Waals surface area contributed by atoms with Crippen LogP contribution in [0.2, 0.25) is 0 Å². The maximum Gasteiger partial charge on any atom is 0.363 e. The van der Waals surface area contributed by atoms with Crippen molar-refractivity contribution in [3.8, 4) is 0 Å². The molecule has 2 N–H and O–H groups in total. The number of sulfonamides is 1. The molecule has 3 rings (SSSR count). The minimum Gasteiger partial charge on any atom is -0.306 e. The predicted molar refractivity (Wildman–Crippen MR) is 117 cm³/mol. The number of carbonyl (C=O) groups is 1. The molecular weight excluding hydrogens is 427 g/mol. The lowest BCUT2D eigenvalue weighted by Crippen LogP contribution is -2.35. The molecule has 0 spiro atoms. The van der Waals surface area contributed by atoms with E-state index in [0.29, 0.717) is 0 Å². The molecule has 168 valence electrons. The number of rotatable bonds is 7. The van der Waals surface area contributed by atoms with Gasteiger partial charge in [-0.2, -0.15) is 0 Å². The van der Waals surface area contributed by atoms with Crippen LogP contribution in [0, 0.1) is 0 Å². The van der Waals surface area contributed by atoms with Gasteiger partial charge in [-0.3, -0.25) is 4.57 Å². The topological polar surface area (TPSA) is 111 Å². The zero-order valence-electron chi connectivity index (χ0n) is 17.3. The summed E-state index contributed by atoms with van der Waals surface area (Å²) >= 11 is 0. The lowest BCUT2D eigenvalue weighted by molar-refractivity contribution is 0.0846. The molecule has 0 aliphatic heterocycles. The third-order valence-electron chi connectivity index (χ3n) is 5.41. The van der Waals surface area contributed by atoms with E-state index in [1.54, 1.807) is 24.3 Å². The molecule has 10 heteroatoms. The molecule has 2 aliphatic rings. The van der Waals surface area contributed by atoms with E-state index in [2.05, 4.69) is 5.32 Å². The molecule has 2 aliphatic carbocycles. The molecular formula is C20H31N2O6PS. The van der Waals surface area contributed by atoms with Gasteiger partial charge < -0.3 is 14.4 Å². The minimum atomic E-state index is -3.75. The van der Waals surface area contributed by atoms with Crippen LogP contribution in [0.25, 0.3) is 0 Å². The Labute approximate surface area is 178 Å². The van der Waals surface area contributed by atoms with Crippen LogP contribution < -0.4 is 15.3 Å². The van der Waals surface area contributed by atoms with Gasteiger partial charge >= 0.3 is 13.6 Å². The predicted octanol–water partition coefficient (Wildman–Crippen LogP) is 4.28. The highest BCUT2D eigenvalue weighted by atomic mass is 32.2. The van der Waals surface area contributed by atoms with Crippen molar-refractivity contribution in [3.63, 3.8) is 0 Å². The number of para-hydroxylation sites is 1. The summed E-state index contributed by atoms with van der Waals surface area (Å²) in [4.78, 5) is 12.1. The Morgan fingerprint density at radius 2 is 1.43 bits per heavy atom. The number of anilines is 1. The van der Waals surface area contributed by atoms with E-state index in [9.17, 15) is 17.8 Å². The first-order valence-corrected chi connectivity index (χ1v) is 14.0. The van der Waals surface area contributed by atoms with Crippen LogP contribution in [0.5, 0.6) is 0 Å². The summed E-state index contributed by atoms with van der Waals surface area (Å²) in [6.45, 7) is 0. The summed E-state index contributed by atoms with van der Waals surface area (Å²) in [6.07, 6.45) is 10.2. The van der Waals surface area contributed by atoms with Crippen LogP contribution >= 0.6 is 7.60 Å². The van der Waals surface area contributed by atoms with Crippen molar-refractivity contribution in [2.24, 2.45) is 0 Å². The number of nitrogens with one attached hydrogen (secondary N) is 2. The fourth-order valence-corrected chi connectivity index (χ4v) is 6.57. The van der Waals surface area contributed by atoms with Gasteiger partial charge in [0, 0.05) is 0 Å². The van der Waals surface area contributed by atoms with Gasteiger partial charge in [0.05, 0.1) is 29.5 Å². The van der Waals surface area contributed by atoms with Gasteiger partial charge in [0.25, 0.3) is 0 Å². The molecule has 0 heterocycles. The van der Waals surface area contributed by atoms with Crippen molar-refractivity contribution < 1.29 is 26.8 Å². The first kappa shape index (κ1) is 23.3. The molecule has 1 aromatic carbocycles. The second-order valence-corrected chi connectivity index (χ2v) is 11.7. The SMILES string of the molecule is CS(=O)(=O)NC(=O)Nc1ccccc1P(=O)(OC1CCCCC1)OC1CCCCC1. The Bertz CT molecular complexity index is 855. The summed E-state index contributed by atoms with van der Waals surface area (Å²) in [5.74, 6) is 0. The van der Waals surface area contributed by atoms with Crippen LogP contribution in [0.4, 0.5) is 10.5 Å². The van der Waals surface area contributed by atoms with Crippen molar-refractivity contribution in [3.05, 3.63) is 24.3 Å². The highest BCUT2D eigenvalue weighted by molar-refractivity contribution is 7.89. The van der Waals surface area contributed by atoms with Gasteiger partial charge in [-0.05, 0) is 37.8 Å². The van der Waals surface area contributed by atoms with Crippen LogP contribution in [-0.2, 0) is 23.6 Å². The zero-order chi connectivity index (χ0) is 21.6. The quantitative estimate of drug-likeness (QED) is 0.590. The van der Waals surface area contributed by atoms with Gasteiger partial charge in [-0.1, -0.05) is 50.7 Å². The molecule has 0 atom stereocenters. The highest BCUT2D eigenvalue weighted by Gasteiger charge is 2.37. The van der Waals surface area contributed by atoms with E-state index in [4.69, 9.17) is 9.05 Å². The Balaban J connectivity index is 1.88. The summed E-state index contributed by atoms with van der Waals surface area (Å²) < 4.78 is 51.0. The van der Waals surface area contributed by atoms with Crippen LogP contribution in [0.1, 0.15) is 64.2 Å². The molecule has 0 aromatic heterocycles. The van der Waals surface area contributed by atoms with Crippen molar-refractivity contribution in [1.82, 2.24) is 4.72 Å². The third kappa shape index (κ3) is 6.80. The number of amides is 2. The lowest BCUT2D eigenvalue weighted by atomic mass is 9.98. The number of benzene rings is 1. The number of hydrogen-bond donors (Lipinski definition) is 2. The van der Waals surface area contributed by atoms with Crippen LogP contribution in [0.15, 0.2) is 24.3 Å². The molecule has 2 saturated carbocycles. The molecule has 0 bridgehead atoms. The molecule has 30 heavy (non-hydrogen) atoms. The van der Waals surface area contributed by atoms with Gasteiger partial charge in [0.2, 0.25) is 10.0 Å². The lowest BCUT2D eigenvalue weighted by Gasteiger charge is -2.32. The molecule has 0 saturated heterocycles. The minimum absolute atomic E-state index is 0.161. The number of carbonyl (C=O) groups excluding carboxylic acids is 1. The number of urea groups is 1. The Morgan fingerprint density at radius 1 is 0.933 bits per heavy atom. The summed E-state index contributed by atoms with van der Waals surface area (Å²) in [5.41, 5.74) is 0.216. The summed E-state index contributed by atoms with van der Waals surface area (Å²) in [7, 11) is -7.48. The zero-order valence-corrected chi connectivity index (χ0v) is 19.1. The number of hydrogen-bond acceptors (Lipinski definition) is 6. The van der Waals surface area contributed by atoms with Crippen LogP contribution in [0.3, 0.4) is 0 Å². The Kier molecular flexibility index (Phi) is 7.96. The van der Waals surface area contributed by atoms with Crippen LogP contribution in [-0.4, -0.2) is 32.9 Å². The van der Waals surface area contributed by atoms with E-state index in [1.807, 2.05) is 4.72 Å². The smallest absolute Gasteiger partial charge is 0.306 e. The molecule has 2 amide bonds. The Hall–Kier alpha value is -1.41. The van der Waals surface area contributed by atoms with Crippen molar-refractivity contribution >= 4 is 34.6 Å². The monoisotopic (exact) mass is 458 g/mol. The van der Waals surface area contributed by atoms with E-state index >= 15 is 0 Å². The average molecular weight is 459 g/mol. The van der Waals surface area contributed by atoms with E-state index in [0.717, 1.165) is 70.5 Å². The normalized spacial score (nSPS) is 19.4. The average Bonchev–Trinajstić information content (AvgIpc) is 2.68. The van der Waals surface area contributed by atoms with E-state index in [-0.39, 0.29) is 23.2 Å². The molecule has 0 unspecified atom stereocenters. The maximum absolute atomic E-state index is 14.1. The Morgan fingerprint density at radius 3 is 1.93 bits per heavy atom. The van der Waals surface area contributed by atoms with Crippen molar-refractivity contribution in [1.29, 1.82) is 0 Å².